The van der Waals surface area contributed by atoms with E-state index in [1.165, 1.54) is 12.4 Å². The number of carbonyl (C=O) groups excluding carboxylic acids is 1. The minimum Gasteiger partial charge on any atom is -0.420 e. The van der Waals surface area contributed by atoms with Gasteiger partial charge < -0.3 is 4.74 Å². The van der Waals surface area contributed by atoms with Gasteiger partial charge in [0.15, 0.2) is 17.4 Å². The van der Waals surface area contributed by atoms with Crippen LogP contribution in [-0.4, -0.2) is 15.7 Å². The molecule has 0 aliphatic rings. The molecule has 0 aliphatic carbocycles. The quantitative estimate of drug-likeness (QED) is 0.788. The van der Waals surface area contributed by atoms with Crippen LogP contribution in [-0.2, 0) is 6.54 Å². The number of hydrogen-bond donors (Lipinski definition) is 0. The number of esters is 1. The molecule has 0 amide bonds. The van der Waals surface area contributed by atoms with Crippen molar-refractivity contribution in [2.24, 2.45) is 0 Å². The Labute approximate surface area is 102 Å². The summed E-state index contributed by atoms with van der Waals surface area (Å²) in [4.78, 5) is 11.6. The van der Waals surface area contributed by atoms with Gasteiger partial charge >= 0.3 is 5.97 Å². The van der Waals surface area contributed by atoms with E-state index in [-0.39, 0.29) is 11.3 Å². The molecule has 1 aromatic heterocycles. The lowest BCUT2D eigenvalue weighted by molar-refractivity contribution is 0.0734. The lowest BCUT2D eigenvalue weighted by Gasteiger charge is -2.01. The molecule has 4 nitrogen and oxygen atoms in total. The van der Waals surface area contributed by atoms with E-state index in [1.807, 2.05) is 6.92 Å². The zero-order valence-corrected chi connectivity index (χ0v) is 9.56. The van der Waals surface area contributed by atoms with Crippen molar-refractivity contribution in [3.05, 3.63) is 47.8 Å². The van der Waals surface area contributed by atoms with E-state index in [4.69, 9.17) is 4.74 Å². The van der Waals surface area contributed by atoms with E-state index in [1.54, 1.807) is 4.68 Å². The molecule has 0 bridgehead atoms. The third-order valence-corrected chi connectivity index (χ3v) is 2.30. The van der Waals surface area contributed by atoms with Gasteiger partial charge in [0.05, 0.1) is 18.0 Å². The fraction of sp³-hybridized carbons (Fsp3) is 0.167. The van der Waals surface area contributed by atoms with Crippen molar-refractivity contribution in [3.63, 3.8) is 0 Å². The van der Waals surface area contributed by atoms with E-state index in [0.29, 0.717) is 6.54 Å². The zero-order chi connectivity index (χ0) is 13.1. The summed E-state index contributed by atoms with van der Waals surface area (Å²) in [5, 5.41) is 3.92. The molecule has 2 aromatic rings. The minimum absolute atomic E-state index is 0.0573. The van der Waals surface area contributed by atoms with Crippen LogP contribution in [0.25, 0.3) is 0 Å². The summed E-state index contributed by atoms with van der Waals surface area (Å²) in [6.07, 6.45) is 2.92. The molecule has 0 fully saturated rings. The molecular weight excluding hydrogens is 242 g/mol. The molecule has 6 heteroatoms. The SMILES string of the molecule is CCn1cc(OC(=O)c2ccc(F)c(F)c2)cn1. The second kappa shape index (κ2) is 4.95. The van der Waals surface area contributed by atoms with Crippen LogP contribution in [0.3, 0.4) is 0 Å². The van der Waals surface area contributed by atoms with Gasteiger partial charge in [-0.1, -0.05) is 0 Å². The Kier molecular flexibility index (Phi) is 3.36. The van der Waals surface area contributed by atoms with Crippen LogP contribution in [0.1, 0.15) is 17.3 Å². The summed E-state index contributed by atoms with van der Waals surface area (Å²) in [6.45, 7) is 2.52. The molecule has 2 rings (SSSR count). The summed E-state index contributed by atoms with van der Waals surface area (Å²) in [6, 6.07) is 2.83. The highest BCUT2D eigenvalue weighted by Gasteiger charge is 2.12. The van der Waals surface area contributed by atoms with Crippen LogP contribution in [0.5, 0.6) is 5.75 Å². The molecule has 0 saturated carbocycles. The number of carbonyl (C=O) groups is 1. The van der Waals surface area contributed by atoms with Gasteiger partial charge in [-0.3, -0.25) is 4.68 Å². The predicted molar refractivity (Wildman–Crippen MR) is 59.2 cm³/mol. The molecule has 94 valence electrons. The Morgan fingerprint density at radius 1 is 1.39 bits per heavy atom. The van der Waals surface area contributed by atoms with Gasteiger partial charge in [0.25, 0.3) is 0 Å². The molecule has 1 heterocycles. The van der Waals surface area contributed by atoms with Crippen LogP contribution < -0.4 is 4.74 Å². The predicted octanol–water partition coefficient (Wildman–Crippen LogP) is 2.40. The molecule has 0 spiro atoms. The monoisotopic (exact) mass is 252 g/mol. The first-order valence-electron chi connectivity index (χ1n) is 5.30. The van der Waals surface area contributed by atoms with Gasteiger partial charge in [0, 0.05) is 6.54 Å². The lowest BCUT2D eigenvalue weighted by Crippen LogP contribution is -2.08. The zero-order valence-electron chi connectivity index (χ0n) is 9.56. The first-order chi connectivity index (χ1) is 8.60. The van der Waals surface area contributed by atoms with Gasteiger partial charge in [-0.25, -0.2) is 13.6 Å². The largest absolute Gasteiger partial charge is 0.420 e. The summed E-state index contributed by atoms with van der Waals surface area (Å²) in [5.74, 6) is -2.60. The van der Waals surface area contributed by atoms with Gasteiger partial charge in [-0.2, -0.15) is 5.10 Å². The molecule has 1 aromatic carbocycles. The van der Waals surface area contributed by atoms with Crippen molar-refractivity contribution in [1.82, 2.24) is 9.78 Å². The number of hydrogen-bond acceptors (Lipinski definition) is 3. The first kappa shape index (κ1) is 12.2. The number of nitrogens with zero attached hydrogens (tertiary/aromatic N) is 2. The number of halogens is 2. The second-order valence-electron chi connectivity index (χ2n) is 3.55. The number of aryl methyl sites for hydroxylation is 1. The Balaban J connectivity index is 2.14. The van der Waals surface area contributed by atoms with Gasteiger partial charge in [-0.15, -0.1) is 0 Å². The molecule has 0 saturated heterocycles. The first-order valence-corrected chi connectivity index (χ1v) is 5.30. The minimum atomic E-state index is -1.09. The van der Waals surface area contributed by atoms with Crippen molar-refractivity contribution in [1.29, 1.82) is 0 Å². The third kappa shape index (κ3) is 2.53. The van der Waals surface area contributed by atoms with E-state index in [0.717, 1.165) is 18.2 Å². The summed E-state index contributed by atoms with van der Waals surface area (Å²) >= 11 is 0. The third-order valence-electron chi connectivity index (χ3n) is 2.30. The standard InChI is InChI=1S/C12H10F2N2O2/c1-2-16-7-9(6-15-16)18-12(17)8-3-4-10(13)11(14)5-8/h3-7H,2H2,1H3. The van der Waals surface area contributed by atoms with Crippen LogP contribution >= 0.6 is 0 Å². The number of aromatic nitrogens is 2. The van der Waals surface area contributed by atoms with Crippen molar-refractivity contribution in [3.8, 4) is 5.75 Å². The van der Waals surface area contributed by atoms with E-state index in [2.05, 4.69) is 5.10 Å². The lowest BCUT2D eigenvalue weighted by atomic mass is 10.2. The molecule has 18 heavy (non-hydrogen) atoms. The smallest absolute Gasteiger partial charge is 0.343 e. The van der Waals surface area contributed by atoms with Crippen LogP contribution in [0.4, 0.5) is 8.78 Å². The van der Waals surface area contributed by atoms with Crippen LogP contribution in [0, 0.1) is 11.6 Å². The van der Waals surface area contributed by atoms with Crippen LogP contribution in [0.15, 0.2) is 30.6 Å². The highest BCUT2D eigenvalue weighted by Crippen LogP contribution is 2.13. The average molecular weight is 252 g/mol. The van der Waals surface area contributed by atoms with Gasteiger partial charge in [-0.05, 0) is 25.1 Å². The highest BCUT2D eigenvalue weighted by molar-refractivity contribution is 5.90. The molecule has 0 aliphatic heterocycles. The topological polar surface area (TPSA) is 44.1 Å². The highest BCUT2D eigenvalue weighted by atomic mass is 19.2. The summed E-state index contributed by atoms with van der Waals surface area (Å²) in [5.41, 5.74) is -0.0573. The number of rotatable bonds is 3. The van der Waals surface area contributed by atoms with Gasteiger partial charge in [0.2, 0.25) is 0 Å². The molecule has 0 radical (unpaired) electrons. The van der Waals surface area contributed by atoms with E-state index in [9.17, 15) is 13.6 Å². The van der Waals surface area contributed by atoms with Crippen molar-refractivity contribution in [2.45, 2.75) is 13.5 Å². The second-order valence-corrected chi connectivity index (χ2v) is 3.55. The Morgan fingerprint density at radius 3 is 2.78 bits per heavy atom. The maximum Gasteiger partial charge on any atom is 0.343 e. The van der Waals surface area contributed by atoms with E-state index >= 15 is 0 Å². The maximum absolute atomic E-state index is 12.9. The van der Waals surface area contributed by atoms with Crippen molar-refractivity contribution >= 4 is 5.97 Å². The molecule has 0 unspecified atom stereocenters. The Hall–Kier alpha value is -2.24. The summed E-state index contributed by atoms with van der Waals surface area (Å²) in [7, 11) is 0. The van der Waals surface area contributed by atoms with Crippen molar-refractivity contribution < 1.29 is 18.3 Å². The normalized spacial score (nSPS) is 10.4. The fourth-order valence-corrected chi connectivity index (χ4v) is 1.36. The van der Waals surface area contributed by atoms with Crippen LogP contribution in [0.2, 0.25) is 0 Å². The molecule has 0 atom stereocenters. The molecular formula is C12H10F2N2O2. The maximum atomic E-state index is 12.9. The number of ether oxygens (including phenoxy) is 1. The number of benzene rings is 1. The van der Waals surface area contributed by atoms with Crippen molar-refractivity contribution in [2.75, 3.05) is 0 Å². The summed E-state index contributed by atoms with van der Waals surface area (Å²) < 4.78 is 32.2. The average Bonchev–Trinajstić information content (AvgIpc) is 2.80. The fourth-order valence-electron chi connectivity index (χ4n) is 1.36. The Bertz CT molecular complexity index is 581. The Morgan fingerprint density at radius 2 is 2.17 bits per heavy atom. The molecule has 0 N–H and O–H groups in total. The van der Waals surface area contributed by atoms with Gasteiger partial charge in [0.1, 0.15) is 0 Å². The van der Waals surface area contributed by atoms with E-state index < -0.39 is 17.6 Å².